The van der Waals surface area contributed by atoms with Gasteiger partial charge >= 0.3 is 0 Å². The predicted octanol–water partition coefficient (Wildman–Crippen LogP) is 3.38. The quantitative estimate of drug-likeness (QED) is 0.772. The van der Waals surface area contributed by atoms with Gasteiger partial charge in [0.1, 0.15) is 6.04 Å². The maximum atomic E-state index is 12.5. The van der Waals surface area contributed by atoms with E-state index >= 15 is 0 Å². The lowest BCUT2D eigenvalue weighted by Gasteiger charge is -2.24. The Hall–Kier alpha value is -1.84. The number of carbonyl (C=O) groups excluding carboxylic acids is 2. The lowest BCUT2D eigenvalue weighted by Crippen LogP contribution is -2.51. The van der Waals surface area contributed by atoms with Gasteiger partial charge in [0.05, 0.1) is 0 Å². The SMILES string of the molecule is CC(C)CC[C@H](C)NC(=O)[C@@H](NC(=O)c1ccccc1)C(C)C. The summed E-state index contributed by atoms with van der Waals surface area (Å²) in [6, 6.07) is 8.57. The average molecular weight is 318 g/mol. The second kappa shape index (κ2) is 9.33. The summed E-state index contributed by atoms with van der Waals surface area (Å²) in [4.78, 5) is 24.8. The largest absolute Gasteiger partial charge is 0.352 e. The number of carbonyl (C=O) groups is 2. The number of hydrogen-bond donors (Lipinski definition) is 2. The van der Waals surface area contributed by atoms with Crippen molar-refractivity contribution in [3.05, 3.63) is 35.9 Å². The molecule has 0 aromatic heterocycles. The van der Waals surface area contributed by atoms with Crippen molar-refractivity contribution >= 4 is 11.8 Å². The maximum Gasteiger partial charge on any atom is 0.251 e. The summed E-state index contributed by atoms with van der Waals surface area (Å²) in [5.41, 5.74) is 0.568. The first-order chi connectivity index (χ1) is 10.8. The van der Waals surface area contributed by atoms with E-state index in [0.29, 0.717) is 11.5 Å². The van der Waals surface area contributed by atoms with E-state index in [9.17, 15) is 9.59 Å². The first-order valence-corrected chi connectivity index (χ1v) is 8.47. The van der Waals surface area contributed by atoms with Crippen molar-refractivity contribution in [3.8, 4) is 0 Å². The minimum Gasteiger partial charge on any atom is -0.352 e. The first-order valence-electron chi connectivity index (χ1n) is 8.47. The molecule has 0 saturated heterocycles. The van der Waals surface area contributed by atoms with Gasteiger partial charge in [-0.15, -0.1) is 0 Å². The first kappa shape index (κ1) is 19.2. The molecule has 23 heavy (non-hydrogen) atoms. The minimum atomic E-state index is -0.524. The van der Waals surface area contributed by atoms with Crippen LogP contribution in [0.3, 0.4) is 0 Å². The molecule has 2 N–H and O–H groups in total. The van der Waals surface area contributed by atoms with Crippen LogP contribution >= 0.6 is 0 Å². The van der Waals surface area contributed by atoms with Crippen molar-refractivity contribution in [3.63, 3.8) is 0 Å². The molecule has 0 unspecified atom stereocenters. The molecule has 2 amide bonds. The molecule has 1 aromatic carbocycles. The molecular formula is C19H30N2O2. The van der Waals surface area contributed by atoms with Crippen molar-refractivity contribution < 1.29 is 9.59 Å². The summed E-state index contributed by atoms with van der Waals surface area (Å²) < 4.78 is 0. The van der Waals surface area contributed by atoms with Crippen LogP contribution in [0, 0.1) is 11.8 Å². The number of benzene rings is 1. The van der Waals surface area contributed by atoms with Crippen LogP contribution in [0.4, 0.5) is 0 Å². The van der Waals surface area contributed by atoms with Crippen LogP contribution in [0.25, 0.3) is 0 Å². The predicted molar refractivity (Wildman–Crippen MR) is 94.2 cm³/mol. The van der Waals surface area contributed by atoms with E-state index in [4.69, 9.17) is 0 Å². The van der Waals surface area contributed by atoms with Crippen LogP contribution in [-0.4, -0.2) is 23.9 Å². The second-order valence-corrected chi connectivity index (χ2v) is 6.94. The summed E-state index contributed by atoms with van der Waals surface area (Å²) >= 11 is 0. The molecule has 1 aromatic rings. The van der Waals surface area contributed by atoms with Crippen LogP contribution in [0.1, 0.15) is 57.8 Å². The van der Waals surface area contributed by atoms with Gasteiger partial charge in [0.15, 0.2) is 0 Å². The number of rotatable bonds is 8. The van der Waals surface area contributed by atoms with Crippen molar-refractivity contribution in [1.82, 2.24) is 10.6 Å². The summed E-state index contributed by atoms with van der Waals surface area (Å²) in [5.74, 6) is 0.322. The fourth-order valence-electron chi connectivity index (χ4n) is 2.34. The second-order valence-electron chi connectivity index (χ2n) is 6.94. The zero-order valence-corrected chi connectivity index (χ0v) is 14.9. The van der Waals surface area contributed by atoms with Gasteiger partial charge in [-0.1, -0.05) is 45.9 Å². The van der Waals surface area contributed by atoms with E-state index in [0.717, 1.165) is 12.8 Å². The Morgan fingerprint density at radius 3 is 2.04 bits per heavy atom. The Kier molecular flexibility index (Phi) is 7.79. The fourth-order valence-corrected chi connectivity index (χ4v) is 2.34. The van der Waals surface area contributed by atoms with Gasteiger partial charge in [0.2, 0.25) is 5.91 Å². The van der Waals surface area contributed by atoms with Crippen LogP contribution in [-0.2, 0) is 4.79 Å². The van der Waals surface area contributed by atoms with Crippen LogP contribution in [0.2, 0.25) is 0 Å². The lowest BCUT2D eigenvalue weighted by molar-refractivity contribution is -0.124. The van der Waals surface area contributed by atoms with Crippen molar-refractivity contribution in [2.75, 3.05) is 0 Å². The van der Waals surface area contributed by atoms with Crippen molar-refractivity contribution in [2.24, 2.45) is 11.8 Å². The zero-order chi connectivity index (χ0) is 17.4. The van der Waals surface area contributed by atoms with Crippen molar-refractivity contribution in [2.45, 2.75) is 59.5 Å². The zero-order valence-electron chi connectivity index (χ0n) is 14.9. The molecule has 2 atom stereocenters. The van der Waals surface area contributed by atoms with E-state index < -0.39 is 6.04 Å². The Morgan fingerprint density at radius 2 is 1.52 bits per heavy atom. The Balaban J connectivity index is 2.63. The summed E-state index contributed by atoms with van der Waals surface area (Å²) in [6.07, 6.45) is 2.02. The van der Waals surface area contributed by atoms with Gasteiger partial charge in [-0.05, 0) is 43.7 Å². The highest BCUT2D eigenvalue weighted by molar-refractivity contribution is 5.97. The maximum absolute atomic E-state index is 12.5. The Labute approximate surface area is 140 Å². The highest BCUT2D eigenvalue weighted by Gasteiger charge is 2.25. The van der Waals surface area contributed by atoms with Crippen LogP contribution in [0.5, 0.6) is 0 Å². The summed E-state index contributed by atoms with van der Waals surface area (Å²) in [5, 5.41) is 5.87. The molecule has 128 valence electrons. The molecule has 0 aliphatic heterocycles. The molecule has 1 rings (SSSR count). The molecule has 4 heteroatoms. The third-order valence-corrected chi connectivity index (χ3v) is 3.84. The molecule has 0 radical (unpaired) electrons. The molecular weight excluding hydrogens is 288 g/mol. The molecule has 0 spiro atoms. The molecule has 0 bridgehead atoms. The van der Waals surface area contributed by atoms with E-state index in [1.807, 2.05) is 39.0 Å². The standard InChI is InChI=1S/C19H30N2O2/c1-13(2)11-12-15(5)20-19(23)17(14(3)4)21-18(22)16-9-7-6-8-10-16/h6-10,13-15,17H,11-12H2,1-5H3,(H,20,23)(H,21,22)/t15-,17-/m0/s1. The van der Waals surface area contributed by atoms with Crippen LogP contribution in [0.15, 0.2) is 30.3 Å². The average Bonchev–Trinajstić information content (AvgIpc) is 2.50. The fraction of sp³-hybridized carbons (Fsp3) is 0.579. The molecule has 0 aliphatic rings. The molecule has 0 fully saturated rings. The van der Waals surface area contributed by atoms with Gasteiger partial charge in [-0.2, -0.15) is 0 Å². The van der Waals surface area contributed by atoms with Gasteiger partial charge in [0, 0.05) is 11.6 Å². The van der Waals surface area contributed by atoms with Crippen molar-refractivity contribution in [1.29, 1.82) is 0 Å². The van der Waals surface area contributed by atoms with Gasteiger partial charge in [0.25, 0.3) is 5.91 Å². The molecule has 0 aliphatic carbocycles. The highest BCUT2D eigenvalue weighted by atomic mass is 16.2. The van der Waals surface area contributed by atoms with Gasteiger partial charge in [-0.3, -0.25) is 9.59 Å². The highest BCUT2D eigenvalue weighted by Crippen LogP contribution is 2.09. The number of hydrogen-bond acceptors (Lipinski definition) is 2. The normalized spacial score (nSPS) is 13.7. The smallest absolute Gasteiger partial charge is 0.251 e. The third kappa shape index (κ3) is 6.85. The van der Waals surface area contributed by atoms with Crippen LogP contribution < -0.4 is 10.6 Å². The third-order valence-electron chi connectivity index (χ3n) is 3.84. The molecule has 4 nitrogen and oxygen atoms in total. The monoisotopic (exact) mass is 318 g/mol. The Morgan fingerprint density at radius 1 is 0.913 bits per heavy atom. The topological polar surface area (TPSA) is 58.2 Å². The Bertz CT molecular complexity index is 497. The van der Waals surface area contributed by atoms with E-state index in [1.54, 1.807) is 12.1 Å². The molecule has 0 saturated carbocycles. The van der Waals surface area contributed by atoms with E-state index in [-0.39, 0.29) is 23.8 Å². The van der Waals surface area contributed by atoms with E-state index in [1.165, 1.54) is 0 Å². The molecule has 0 heterocycles. The van der Waals surface area contributed by atoms with Gasteiger partial charge < -0.3 is 10.6 Å². The lowest BCUT2D eigenvalue weighted by atomic mass is 10.0. The van der Waals surface area contributed by atoms with Gasteiger partial charge in [-0.25, -0.2) is 0 Å². The number of amides is 2. The minimum absolute atomic E-state index is 0.0277. The van der Waals surface area contributed by atoms with E-state index in [2.05, 4.69) is 24.5 Å². The summed E-state index contributed by atoms with van der Waals surface area (Å²) in [6.45, 7) is 10.2. The number of nitrogens with one attached hydrogen (secondary N) is 2. The summed E-state index contributed by atoms with van der Waals surface area (Å²) in [7, 11) is 0.